The molecule has 162 valence electrons. The zero-order chi connectivity index (χ0) is 22.9. The number of hydrogen-bond acceptors (Lipinski definition) is 5. The number of azo groups is 1. The molecule has 0 fully saturated rings. The Morgan fingerprint density at radius 3 is 2.30 bits per heavy atom. The average molecular weight is 437 g/mol. The summed E-state index contributed by atoms with van der Waals surface area (Å²) in [4.78, 5) is 26.1. The van der Waals surface area contributed by atoms with Gasteiger partial charge in [0.05, 0.1) is 17.4 Å². The van der Waals surface area contributed by atoms with Gasteiger partial charge in [0.25, 0.3) is 5.56 Å². The van der Waals surface area contributed by atoms with Crippen LogP contribution in [0.25, 0.3) is 21.7 Å². The van der Waals surface area contributed by atoms with Crippen LogP contribution in [0, 0.1) is 0 Å². The normalized spacial score (nSPS) is 11.5. The van der Waals surface area contributed by atoms with Crippen LogP contribution in [0.15, 0.2) is 93.9 Å². The molecule has 5 rings (SSSR count). The molecule has 0 saturated carbocycles. The Kier molecular flexibility index (Phi) is 5.02. The van der Waals surface area contributed by atoms with Crippen LogP contribution in [-0.2, 0) is 13.6 Å². The largest absolute Gasteiger partial charge is 0.493 e. The summed E-state index contributed by atoms with van der Waals surface area (Å²) in [5, 5.41) is 24.1. The van der Waals surface area contributed by atoms with Crippen LogP contribution < -0.4 is 5.56 Å². The molecule has 1 amide bonds. The highest BCUT2D eigenvalue weighted by atomic mass is 16.3. The fraction of sp³-hybridized carbons (Fsp3) is 0.0800. The summed E-state index contributed by atoms with van der Waals surface area (Å²) < 4.78 is 2.83. The van der Waals surface area contributed by atoms with E-state index < -0.39 is 5.91 Å². The number of carbonyl (C=O) groups excluding carboxylic acids is 1. The first kappa shape index (κ1) is 20.3. The number of aryl methyl sites for hydroxylation is 1. The Morgan fingerprint density at radius 2 is 1.55 bits per heavy atom. The van der Waals surface area contributed by atoms with E-state index in [0.717, 1.165) is 11.1 Å². The summed E-state index contributed by atoms with van der Waals surface area (Å²) in [5.41, 5.74) is 1.56. The number of carbonyl (C=O) groups is 1. The summed E-state index contributed by atoms with van der Waals surface area (Å²) in [7, 11) is 1.70. The molecular formula is C25H19N5O3. The number of amides is 1. The van der Waals surface area contributed by atoms with Gasteiger partial charge in [0.15, 0.2) is 11.4 Å². The number of aromatic nitrogens is 3. The Bertz CT molecular complexity index is 1600. The molecule has 5 aromatic rings. The van der Waals surface area contributed by atoms with E-state index in [9.17, 15) is 14.7 Å². The van der Waals surface area contributed by atoms with E-state index in [2.05, 4.69) is 15.3 Å². The van der Waals surface area contributed by atoms with Gasteiger partial charge < -0.3 is 9.67 Å². The average Bonchev–Trinajstić information content (AvgIpc) is 3.09. The van der Waals surface area contributed by atoms with E-state index in [-0.39, 0.29) is 29.4 Å². The molecule has 0 aliphatic heterocycles. The zero-order valence-corrected chi connectivity index (χ0v) is 17.7. The van der Waals surface area contributed by atoms with Gasteiger partial charge in [-0.05, 0) is 17.7 Å². The van der Waals surface area contributed by atoms with E-state index in [4.69, 9.17) is 0 Å². The van der Waals surface area contributed by atoms with E-state index in [0.29, 0.717) is 16.2 Å². The first-order valence-electron chi connectivity index (χ1n) is 10.3. The number of benzene rings is 3. The molecule has 0 saturated heterocycles. The fourth-order valence-corrected chi connectivity index (χ4v) is 3.86. The number of aromatic hydroxyl groups is 1. The lowest BCUT2D eigenvalue weighted by molar-refractivity contribution is 0.0990. The van der Waals surface area contributed by atoms with Crippen LogP contribution in [0.4, 0.5) is 5.69 Å². The molecule has 0 radical (unpaired) electrons. The van der Waals surface area contributed by atoms with Crippen molar-refractivity contribution in [1.29, 1.82) is 0 Å². The third kappa shape index (κ3) is 3.57. The second kappa shape index (κ2) is 8.16. The summed E-state index contributed by atoms with van der Waals surface area (Å²) in [5.74, 6) is -0.806. The lowest BCUT2D eigenvalue weighted by Gasteiger charge is -2.09. The predicted octanol–water partition coefficient (Wildman–Crippen LogP) is 4.57. The highest BCUT2D eigenvalue weighted by Crippen LogP contribution is 2.37. The molecule has 3 aromatic carbocycles. The number of hydrogen-bond donors (Lipinski definition) is 1. The second-order valence-electron chi connectivity index (χ2n) is 7.60. The van der Waals surface area contributed by atoms with Gasteiger partial charge in [0.2, 0.25) is 5.88 Å². The van der Waals surface area contributed by atoms with Gasteiger partial charge in [-0.15, -0.1) is 10.2 Å². The quantitative estimate of drug-likeness (QED) is 0.416. The maximum atomic E-state index is 13.1. The molecule has 2 heterocycles. The molecule has 0 atom stereocenters. The lowest BCUT2D eigenvalue weighted by atomic mass is 10.1. The summed E-state index contributed by atoms with van der Waals surface area (Å²) in [6.45, 7) is 0.214. The number of fused-ring (bicyclic) bond motifs is 2. The predicted molar refractivity (Wildman–Crippen MR) is 125 cm³/mol. The van der Waals surface area contributed by atoms with Crippen molar-refractivity contribution in [2.45, 2.75) is 6.54 Å². The van der Waals surface area contributed by atoms with Gasteiger partial charge in [-0.2, -0.15) is 5.10 Å². The molecule has 1 N–H and O–H groups in total. The van der Waals surface area contributed by atoms with Crippen molar-refractivity contribution >= 4 is 33.3 Å². The molecule has 0 spiro atoms. The lowest BCUT2D eigenvalue weighted by Crippen LogP contribution is -2.26. The van der Waals surface area contributed by atoms with Gasteiger partial charge in [0.1, 0.15) is 0 Å². The maximum Gasteiger partial charge on any atom is 0.316 e. The van der Waals surface area contributed by atoms with Crippen molar-refractivity contribution in [3.8, 4) is 5.88 Å². The molecule has 0 aliphatic rings. The van der Waals surface area contributed by atoms with Crippen molar-refractivity contribution in [3.05, 3.63) is 100 Å². The number of para-hydroxylation sites is 1. The van der Waals surface area contributed by atoms with Gasteiger partial charge in [-0.25, -0.2) is 4.68 Å². The van der Waals surface area contributed by atoms with Crippen LogP contribution in [0.3, 0.4) is 0 Å². The first-order valence-corrected chi connectivity index (χ1v) is 10.3. The summed E-state index contributed by atoms with van der Waals surface area (Å²) in [6, 6.07) is 23.5. The highest BCUT2D eigenvalue weighted by Gasteiger charge is 2.18. The third-order valence-electron chi connectivity index (χ3n) is 5.54. The molecule has 2 aromatic heterocycles. The Balaban J connectivity index is 1.60. The SMILES string of the molecule is Cn1c(O)c(N=NC(=O)c2nn(Cc3ccccc3)c(=O)c3ccccc23)c2ccccc21. The van der Waals surface area contributed by atoms with Crippen LogP contribution in [0.5, 0.6) is 5.88 Å². The van der Waals surface area contributed by atoms with Crippen molar-refractivity contribution in [1.82, 2.24) is 14.3 Å². The Hall–Kier alpha value is -4.59. The van der Waals surface area contributed by atoms with E-state index in [1.54, 1.807) is 41.9 Å². The van der Waals surface area contributed by atoms with E-state index in [1.807, 2.05) is 48.5 Å². The Morgan fingerprint density at radius 1 is 0.909 bits per heavy atom. The highest BCUT2D eigenvalue weighted by molar-refractivity contribution is 6.05. The molecule has 0 aliphatic carbocycles. The standard InChI is InChI=1S/C25H19N5O3/c1-29-20-14-8-7-13-19(20)22(25(29)33)26-27-23(31)21-17-11-5-6-12-18(17)24(32)30(28-21)15-16-9-3-2-4-10-16/h2-14,33H,15H2,1H3. The molecule has 8 nitrogen and oxygen atoms in total. The first-order chi connectivity index (χ1) is 16.0. The van der Waals surface area contributed by atoms with Gasteiger partial charge in [-0.1, -0.05) is 66.7 Å². The molecule has 33 heavy (non-hydrogen) atoms. The molecule has 8 heteroatoms. The van der Waals surface area contributed by atoms with Crippen molar-refractivity contribution < 1.29 is 9.90 Å². The molecular weight excluding hydrogens is 418 g/mol. The number of nitrogens with zero attached hydrogens (tertiary/aromatic N) is 5. The second-order valence-corrected chi connectivity index (χ2v) is 7.60. The van der Waals surface area contributed by atoms with Crippen molar-refractivity contribution in [2.75, 3.05) is 0 Å². The van der Waals surface area contributed by atoms with Gasteiger partial charge in [-0.3, -0.25) is 9.59 Å². The third-order valence-corrected chi connectivity index (χ3v) is 5.54. The van der Waals surface area contributed by atoms with E-state index >= 15 is 0 Å². The van der Waals surface area contributed by atoms with E-state index in [1.165, 1.54) is 4.68 Å². The van der Waals surface area contributed by atoms with Crippen LogP contribution in [0.2, 0.25) is 0 Å². The van der Waals surface area contributed by atoms with Crippen LogP contribution >= 0.6 is 0 Å². The minimum absolute atomic E-state index is 0.0182. The summed E-state index contributed by atoms with van der Waals surface area (Å²) in [6.07, 6.45) is 0. The topological polar surface area (TPSA) is 102 Å². The zero-order valence-electron chi connectivity index (χ0n) is 17.7. The van der Waals surface area contributed by atoms with Gasteiger partial charge in [0, 0.05) is 17.8 Å². The van der Waals surface area contributed by atoms with Gasteiger partial charge >= 0.3 is 5.91 Å². The maximum absolute atomic E-state index is 13.1. The molecule has 0 bridgehead atoms. The number of rotatable bonds is 4. The summed E-state index contributed by atoms with van der Waals surface area (Å²) >= 11 is 0. The molecule has 0 unspecified atom stereocenters. The minimum Gasteiger partial charge on any atom is -0.493 e. The van der Waals surface area contributed by atoms with Crippen molar-refractivity contribution in [2.24, 2.45) is 17.3 Å². The smallest absolute Gasteiger partial charge is 0.316 e. The monoisotopic (exact) mass is 437 g/mol. The minimum atomic E-state index is -0.708. The fourth-order valence-electron chi connectivity index (χ4n) is 3.86. The van der Waals surface area contributed by atoms with Crippen molar-refractivity contribution in [3.63, 3.8) is 0 Å². The van der Waals surface area contributed by atoms with Crippen LogP contribution in [-0.4, -0.2) is 25.4 Å². The Labute approximate surface area is 188 Å². The van der Waals surface area contributed by atoms with Crippen LogP contribution in [0.1, 0.15) is 16.1 Å².